The van der Waals surface area contributed by atoms with Gasteiger partial charge in [0, 0.05) is 29.5 Å². The molecule has 5 heteroatoms. The molecule has 0 bridgehead atoms. The van der Waals surface area contributed by atoms with E-state index in [-0.39, 0.29) is 11.8 Å². The number of rotatable bonds is 6. The van der Waals surface area contributed by atoms with E-state index in [0.717, 1.165) is 4.47 Å². The Balaban J connectivity index is 2.24. The highest BCUT2D eigenvalue weighted by Gasteiger charge is 2.06. The van der Waals surface area contributed by atoms with E-state index < -0.39 is 0 Å². The third-order valence-electron chi connectivity index (χ3n) is 2.43. The molecule has 0 atom stereocenters. The van der Waals surface area contributed by atoms with E-state index in [9.17, 15) is 9.59 Å². The summed E-state index contributed by atoms with van der Waals surface area (Å²) in [7, 11) is 0. The normalized spacial score (nSPS) is 10.3. The molecule has 19 heavy (non-hydrogen) atoms. The smallest absolute Gasteiger partial charge is 0.251 e. The Morgan fingerprint density at radius 3 is 2.26 bits per heavy atom. The fraction of sp³-hybridized carbons (Fsp3) is 0.429. The maximum atomic E-state index is 11.7. The largest absolute Gasteiger partial charge is 0.354 e. The van der Waals surface area contributed by atoms with Crippen LogP contribution < -0.4 is 10.6 Å². The number of halogens is 1. The summed E-state index contributed by atoms with van der Waals surface area (Å²) in [6, 6.07) is 7.13. The van der Waals surface area contributed by atoms with Crippen LogP contribution in [0.25, 0.3) is 0 Å². The molecule has 1 aromatic rings. The third kappa shape index (κ3) is 6.38. The van der Waals surface area contributed by atoms with Crippen molar-refractivity contribution >= 4 is 27.7 Å². The zero-order valence-corrected chi connectivity index (χ0v) is 12.8. The number of hydrogen-bond donors (Lipinski definition) is 2. The number of hydrogen-bond acceptors (Lipinski definition) is 2. The summed E-state index contributed by atoms with van der Waals surface area (Å²) in [4.78, 5) is 23.1. The van der Waals surface area contributed by atoms with Crippen LogP contribution in [0, 0.1) is 5.92 Å². The second-order valence-electron chi connectivity index (χ2n) is 4.71. The fourth-order valence-electron chi connectivity index (χ4n) is 1.52. The number of amides is 2. The molecule has 0 aliphatic rings. The highest BCUT2D eigenvalue weighted by atomic mass is 79.9. The van der Waals surface area contributed by atoms with E-state index in [1.54, 1.807) is 12.1 Å². The van der Waals surface area contributed by atoms with Crippen molar-refractivity contribution in [2.45, 2.75) is 20.3 Å². The van der Waals surface area contributed by atoms with Crippen LogP contribution in [-0.4, -0.2) is 24.9 Å². The van der Waals surface area contributed by atoms with Crippen molar-refractivity contribution < 1.29 is 9.59 Å². The van der Waals surface area contributed by atoms with Crippen LogP contribution in [0.15, 0.2) is 28.7 Å². The lowest BCUT2D eigenvalue weighted by molar-refractivity contribution is -0.121. The van der Waals surface area contributed by atoms with Gasteiger partial charge in [0.1, 0.15) is 0 Å². The van der Waals surface area contributed by atoms with Crippen LogP contribution in [0.2, 0.25) is 0 Å². The Labute approximate surface area is 122 Å². The minimum absolute atomic E-state index is 0.0212. The second kappa shape index (κ2) is 7.94. The highest BCUT2D eigenvalue weighted by molar-refractivity contribution is 9.10. The van der Waals surface area contributed by atoms with E-state index in [0.29, 0.717) is 31.0 Å². The van der Waals surface area contributed by atoms with Gasteiger partial charge in [-0.3, -0.25) is 9.59 Å². The van der Waals surface area contributed by atoms with Crippen molar-refractivity contribution in [1.29, 1.82) is 0 Å². The molecule has 4 nitrogen and oxygen atoms in total. The first-order valence-corrected chi connectivity index (χ1v) is 7.09. The molecule has 0 aromatic heterocycles. The van der Waals surface area contributed by atoms with Crippen LogP contribution in [0.5, 0.6) is 0 Å². The standard InChI is InChI=1S/C14H19BrN2O2/c1-10(2)9-13(18)16-7-8-17-14(19)11-3-5-12(15)6-4-11/h3-6,10H,7-9H2,1-2H3,(H,16,18)(H,17,19). The summed E-state index contributed by atoms with van der Waals surface area (Å²) >= 11 is 3.31. The summed E-state index contributed by atoms with van der Waals surface area (Å²) in [5, 5.41) is 5.53. The van der Waals surface area contributed by atoms with Gasteiger partial charge in [0.05, 0.1) is 0 Å². The van der Waals surface area contributed by atoms with Crippen LogP contribution >= 0.6 is 15.9 Å². The van der Waals surface area contributed by atoms with E-state index in [4.69, 9.17) is 0 Å². The maximum Gasteiger partial charge on any atom is 0.251 e. The lowest BCUT2D eigenvalue weighted by Gasteiger charge is -2.08. The molecule has 0 spiro atoms. The van der Waals surface area contributed by atoms with Gasteiger partial charge in [-0.2, -0.15) is 0 Å². The first-order chi connectivity index (χ1) is 8.99. The van der Waals surface area contributed by atoms with Gasteiger partial charge in [-0.25, -0.2) is 0 Å². The van der Waals surface area contributed by atoms with E-state index in [2.05, 4.69) is 26.6 Å². The predicted octanol–water partition coefficient (Wildman–Crippen LogP) is 2.34. The molecule has 0 radical (unpaired) electrons. The Morgan fingerprint density at radius 1 is 1.11 bits per heavy atom. The lowest BCUT2D eigenvalue weighted by Crippen LogP contribution is -2.35. The molecule has 0 aliphatic heterocycles. The molecular formula is C14H19BrN2O2. The number of carbonyl (C=O) groups is 2. The van der Waals surface area contributed by atoms with E-state index >= 15 is 0 Å². The fourth-order valence-corrected chi connectivity index (χ4v) is 1.79. The first kappa shape index (κ1) is 15.7. The number of carbonyl (C=O) groups excluding carboxylic acids is 2. The molecule has 104 valence electrons. The average molecular weight is 327 g/mol. The van der Waals surface area contributed by atoms with Crippen LogP contribution in [0.1, 0.15) is 30.6 Å². The number of nitrogens with one attached hydrogen (secondary N) is 2. The van der Waals surface area contributed by atoms with Crippen molar-refractivity contribution in [1.82, 2.24) is 10.6 Å². The highest BCUT2D eigenvalue weighted by Crippen LogP contribution is 2.10. The molecule has 1 rings (SSSR count). The molecule has 0 fully saturated rings. The van der Waals surface area contributed by atoms with Gasteiger partial charge in [0.15, 0.2) is 0 Å². The summed E-state index contributed by atoms with van der Waals surface area (Å²) in [5.41, 5.74) is 0.608. The molecule has 0 heterocycles. The molecular weight excluding hydrogens is 308 g/mol. The van der Waals surface area contributed by atoms with Gasteiger partial charge < -0.3 is 10.6 Å². The van der Waals surface area contributed by atoms with Gasteiger partial charge in [-0.05, 0) is 30.2 Å². The molecule has 0 unspecified atom stereocenters. The van der Waals surface area contributed by atoms with Gasteiger partial charge >= 0.3 is 0 Å². The zero-order valence-electron chi connectivity index (χ0n) is 11.2. The third-order valence-corrected chi connectivity index (χ3v) is 2.96. The molecule has 2 amide bonds. The summed E-state index contributed by atoms with van der Waals surface area (Å²) in [6.07, 6.45) is 0.515. The van der Waals surface area contributed by atoms with Crippen LogP contribution in [-0.2, 0) is 4.79 Å². The maximum absolute atomic E-state index is 11.7. The van der Waals surface area contributed by atoms with Crippen molar-refractivity contribution in [3.8, 4) is 0 Å². The van der Waals surface area contributed by atoms with Crippen molar-refractivity contribution in [3.05, 3.63) is 34.3 Å². The van der Waals surface area contributed by atoms with Gasteiger partial charge in [0.2, 0.25) is 5.91 Å². The molecule has 2 N–H and O–H groups in total. The Kier molecular flexibility index (Phi) is 6.56. The predicted molar refractivity (Wildman–Crippen MR) is 78.9 cm³/mol. The Hall–Kier alpha value is -1.36. The van der Waals surface area contributed by atoms with Gasteiger partial charge in [0.25, 0.3) is 5.91 Å². The Morgan fingerprint density at radius 2 is 1.68 bits per heavy atom. The SMILES string of the molecule is CC(C)CC(=O)NCCNC(=O)c1ccc(Br)cc1. The average Bonchev–Trinajstić information content (AvgIpc) is 2.34. The molecule has 0 saturated heterocycles. The Bertz CT molecular complexity index is 430. The van der Waals surface area contributed by atoms with Gasteiger partial charge in [-0.1, -0.05) is 29.8 Å². The van der Waals surface area contributed by atoms with Crippen LogP contribution in [0.3, 0.4) is 0 Å². The zero-order chi connectivity index (χ0) is 14.3. The summed E-state index contributed by atoms with van der Waals surface area (Å²) < 4.78 is 0.935. The quantitative estimate of drug-likeness (QED) is 0.788. The summed E-state index contributed by atoms with van der Waals surface area (Å²) in [6.45, 7) is 4.87. The van der Waals surface area contributed by atoms with E-state index in [1.807, 2.05) is 26.0 Å². The van der Waals surface area contributed by atoms with Crippen molar-refractivity contribution in [2.75, 3.05) is 13.1 Å². The lowest BCUT2D eigenvalue weighted by atomic mass is 10.1. The number of benzene rings is 1. The van der Waals surface area contributed by atoms with Gasteiger partial charge in [-0.15, -0.1) is 0 Å². The summed E-state index contributed by atoms with van der Waals surface area (Å²) in [5.74, 6) is 0.232. The second-order valence-corrected chi connectivity index (χ2v) is 5.63. The minimum Gasteiger partial charge on any atom is -0.354 e. The molecule has 1 aromatic carbocycles. The topological polar surface area (TPSA) is 58.2 Å². The molecule has 0 aliphatic carbocycles. The van der Waals surface area contributed by atoms with Crippen LogP contribution in [0.4, 0.5) is 0 Å². The molecule has 0 saturated carbocycles. The first-order valence-electron chi connectivity index (χ1n) is 6.29. The van der Waals surface area contributed by atoms with Crippen molar-refractivity contribution in [2.24, 2.45) is 5.92 Å². The monoisotopic (exact) mass is 326 g/mol. The minimum atomic E-state index is -0.134. The van der Waals surface area contributed by atoms with E-state index in [1.165, 1.54) is 0 Å². The van der Waals surface area contributed by atoms with Crippen molar-refractivity contribution in [3.63, 3.8) is 0 Å².